The Morgan fingerprint density at radius 3 is 1.80 bits per heavy atom. The lowest BCUT2D eigenvalue weighted by molar-refractivity contribution is 0.0589. The molecule has 0 bridgehead atoms. The largest absolute Gasteiger partial charge is 0.464 e. The van der Waals surface area contributed by atoms with Crippen molar-refractivity contribution in [1.29, 1.82) is 0 Å². The number of anilines is 3. The van der Waals surface area contributed by atoms with Crippen LogP contribution in [-0.2, 0) is 35.7 Å². The van der Waals surface area contributed by atoms with Gasteiger partial charge in [0.25, 0.3) is 17.7 Å². The molecule has 2 aromatic carbocycles. The number of esters is 1. The second kappa shape index (κ2) is 13.9. The summed E-state index contributed by atoms with van der Waals surface area (Å²) in [5.74, 6) is 2.06. The highest BCUT2D eigenvalue weighted by molar-refractivity contribution is 7.91. The van der Waals surface area contributed by atoms with Crippen molar-refractivity contribution in [3.8, 4) is 11.8 Å². The maximum absolute atomic E-state index is 13.5. The number of carbonyl (C=O) groups is 4. The van der Waals surface area contributed by atoms with E-state index in [4.69, 9.17) is 9.84 Å². The fourth-order valence-electron chi connectivity index (χ4n) is 5.18. The van der Waals surface area contributed by atoms with Crippen LogP contribution in [0.2, 0.25) is 0 Å². The molecule has 252 valence electrons. The van der Waals surface area contributed by atoms with Gasteiger partial charge in [0.2, 0.25) is 0 Å². The van der Waals surface area contributed by atoms with E-state index >= 15 is 0 Å². The van der Waals surface area contributed by atoms with Gasteiger partial charge in [-0.25, -0.2) is 13.2 Å². The summed E-state index contributed by atoms with van der Waals surface area (Å²) in [5, 5.41) is 18.2. The van der Waals surface area contributed by atoms with Gasteiger partial charge in [-0.15, -0.1) is 0 Å². The van der Waals surface area contributed by atoms with E-state index in [2.05, 4.69) is 27.8 Å². The van der Waals surface area contributed by atoms with Gasteiger partial charge in [-0.3, -0.25) is 14.4 Å². The summed E-state index contributed by atoms with van der Waals surface area (Å²) >= 11 is 0. The number of nitrogens with one attached hydrogen (secondary N) is 3. The fraction of sp³-hybridized carbons (Fsp3) is 0.176. The molecule has 3 amide bonds. The Hall–Kier alpha value is -6.11. The molecule has 14 nitrogen and oxygen atoms in total. The van der Waals surface area contributed by atoms with E-state index in [1.165, 1.54) is 57.3 Å². The highest BCUT2D eigenvalue weighted by atomic mass is 32.2. The molecule has 0 radical (unpaired) electrons. The molecule has 15 heteroatoms. The summed E-state index contributed by atoms with van der Waals surface area (Å²) in [4.78, 5) is 51.6. The maximum Gasteiger partial charge on any atom is 0.354 e. The van der Waals surface area contributed by atoms with Gasteiger partial charge in [-0.2, -0.15) is 0 Å². The van der Waals surface area contributed by atoms with Gasteiger partial charge in [0.15, 0.2) is 9.84 Å². The van der Waals surface area contributed by atoms with Crippen molar-refractivity contribution in [3.63, 3.8) is 0 Å². The highest BCUT2D eigenvalue weighted by Gasteiger charge is 2.22. The first kappa shape index (κ1) is 34.2. The Balaban J connectivity index is 1.32. The van der Waals surface area contributed by atoms with Crippen molar-refractivity contribution < 1.29 is 37.4 Å². The average molecular weight is 685 g/mol. The molecule has 0 aliphatic heterocycles. The zero-order chi connectivity index (χ0) is 35.5. The topological polar surface area (TPSA) is 183 Å². The number of sulfone groups is 1. The minimum absolute atomic E-state index is 0.0951. The minimum atomic E-state index is -3.89. The molecule has 0 aliphatic carbocycles. The molecule has 5 rings (SSSR count). The number of amides is 3. The number of fused-ring (bicyclic) bond motifs is 1. The van der Waals surface area contributed by atoms with Crippen LogP contribution < -0.4 is 16.0 Å². The number of ether oxygens (including phenoxy) is 1. The Morgan fingerprint density at radius 1 is 0.735 bits per heavy atom. The van der Waals surface area contributed by atoms with E-state index in [1.54, 1.807) is 57.8 Å². The van der Waals surface area contributed by atoms with Gasteiger partial charge in [0, 0.05) is 45.3 Å². The second-order valence-corrected chi connectivity index (χ2v) is 13.0. The number of aliphatic hydroxyl groups excluding tert-OH is 1. The summed E-state index contributed by atoms with van der Waals surface area (Å²) in [6.45, 7) is -0.474. The van der Waals surface area contributed by atoms with Crippen molar-refractivity contribution in [1.82, 2.24) is 13.7 Å². The molecule has 0 aliphatic rings. The van der Waals surface area contributed by atoms with Crippen LogP contribution in [0.5, 0.6) is 0 Å². The molecule has 4 N–H and O–H groups in total. The van der Waals surface area contributed by atoms with E-state index < -0.39 is 45.9 Å². The quantitative estimate of drug-likeness (QED) is 0.135. The smallest absolute Gasteiger partial charge is 0.354 e. The van der Waals surface area contributed by atoms with Crippen molar-refractivity contribution in [2.75, 3.05) is 35.4 Å². The molecule has 0 saturated carbocycles. The molecular formula is C34H32N6O8S. The number of benzene rings is 2. The molecule has 0 unspecified atom stereocenters. The van der Waals surface area contributed by atoms with Crippen LogP contribution >= 0.6 is 0 Å². The van der Waals surface area contributed by atoms with Crippen molar-refractivity contribution >= 4 is 61.4 Å². The van der Waals surface area contributed by atoms with Gasteiger partial charge < -0.3 is 39.5 Å². The van der Waals surface area contributed by atoms with Crippen LogP contribution in [0.4, 0.5) is 17.1 Å². The Morgan fingerprint density at radius 2 is 1.24 bits per heavy atom. The lowest BCUT2D eigenvalue weighted by Crippen LogP contribution is -2.15. The molecule has 0 atom stereocenters. The van der Waals surface area contributed by atoms with Crippen LogP contribution in [0.3, 0.4) is 0 Å². The predicted molar refractivity (Wildman–Crippen MR) is 182 cm³/mol. The molecule has 49 heavy (non-hydrogen) atoms. The molecule has 0 spiro atoms. The number of aryl methyl sites for hydroxylation is 3. The third-order valence-electron chi connectivity index (χ3n) is 7.55. The van der Waals surface area contributed by atoms with Gasteiger partial charge in [0.05, 0.1) is 29.1 Å². The van der Waals surface area contributed by atoms with Crippen LogP contribution in [0.15, 0.2) is 78.1 Å². The van der Waals surface area contributed by atoms with E-state index in [0.717, 1.165) is 0 Å². The van der Waals surface area contributed by atoms with Crippen LogP contribution in [0.25, 0.3) is 10.8 Å². The minimum Gasteiger partial charge on any atom is -0.464 e. The highest BCUT2D eigenvalue weighted by Crippen LogP contribution is 2.26. The third kappa shape index (κ3) is 7.40. The van der Waals surface area contributed by atoms with E-state index in [-0.39, 0.29) is 33.2 Å². The SMILES string of the molecule is COC(=O)c1cc(NC(=O)c2cc(NC(=O)c3cc(NC(=O)c4cc(S(=O)(=O)CC#CCO)cc5ccccc45)cn3C)cn2C)cn1C. The van der Waals surface area contributed by atoms with E-state index in [0.29, 0.717) is 22.1 Å². The predicted octanol–water partition coefficient (Wildman–Crippen LogP) is 3.17. The lowest BCUT2D eigenvalue weighted by Gasteiger charge is -2.10. The lowest BCUT2D eigenvalue weighted by atomic mass is 10.0. The standard InChI is InChI=1S/C34H32N6O8S/c1-38-18-22(35-31(42)27-17-25(49(46,47)12-8-7-11-41)13-21-9-5-6-10-26(21)27)14-28(38)32(43)36-23-15-29(39(2)19-23)33(44)37-24-16-30(34(45)48-4)40(3)20-24/h5-6,9-10,13-20,41H,11-12H2,1-4H3,(H,35,42)(H,36,43)(H,37,44). The molecular weight excluding hydrogens is 652 g/mol. The second-order valence-electron chi connectivity index (χ2n) is 11.0. The number of aliphatic hydroxyl groups is 1. The summed E-state index contributed by atoms with van der Waals surface area (Å²) in [6.07, 6.45) is 4.66. The zero-order valence-corrected chi connectivity index (χ0v) is 27.7. The molecule has 0 saturated heterocycles. The first-order valence-corrected chi connectivity index (χ1v) is 16.3. The van der Waals surface area contributed by atoms with Gasteiger partial charge >= 0.3 is 5.97 Å². The fourth-order valence-corrected chi connectivity index (χ4v) is 6.24. The maximum atomic E-state index is 13.5. The normalized spacial score (nSPS) is 11.0. The Kier molecular flexibility index (Phi) is 9.74. The number of nitrogens with zero attached hydrogens (tertiary/aromatic N) is 3. The van der Waals surface area contributed by atoms with E-state index in [9.17, 15) is 27.6 Å². The van der Waals surface area contributed by atoms with Crippen molar-refractivity contribution in [3.05, 3.63) is 95.8 Å². The molecule has 3 aromatic heterocycles. The number of methoxy groups -OCH3 is 1. The summed E-state index contributed by atoms with van der Waals surface area (Å²) in [6, 6.07) is 14.0. The summed E-state index contributed by atoms with van der Waals surface area (Å²) in [7, 11) is 2.27. The van der Waals surface area contributed by atoms with Gasteiger partial charge in [-0.1, -0.05) is 36.1 Å². The molecule has 0 fully saturated rings. The van der Waals surface area contributed by atoms with Gasteiger partial charge in [-0.05, 0) is 41.1 Å². The zero-order valence-electron chi connectivity index (χ0n) is 26.9. The van der Waals surface area contributed by atoms with Crippen molar-refractivity contribution in [2.24, 2.45) is 21.1 Å². The molecule has 3 heterocycles. The summed E-state index contributed by atoms with van der Waals surface area (Å²) in [5.41, 5.74) is 1.78. The Labute approximate surface area is 281 Å². The van der Waals surface area contributed by atoms with Crippen LogP contribution in [0.1, 0.15) is 41.8 Å². The number of hydrogen-bond donors (Lipinski definition) is 4. The number of aromatic nitrogens is 3. The van der Waals surface area contributed by atoms with Crippen molar-refractivity contribution in [2.45, 2.75) is 4.90 Å². The number of hydrogen-bond acceptors (Lipinski definition) is 8. The number of carbonyl (C=O) groups excluding carboxylic acids is 4. The van der Waals surface area contributed by atoms with E-state index in [1.807, 2.05) is 0 Å². The number of rotatable bonds is 9. The Bertz CT molecular complexity index is 2300. The van der Waals surface area contributed by atoms with Crippen LogP contribution in [-0.4, -0.2) is 70.4 Å². The average Bonchev–Trinajstić information content (AvgIpc) is 3.74. The first-order chi connectivity index (χ1) is 23.3. The summed E-state index contributed by atoms with van der Waals surface area (Å²) < 4.78 is 35.2. The van der Waals surface area contributed by atoms with Gasteiger partial charge in [0.1, 0.15) is 29.4 Å². The first-order valence-electron chi connectivity index (χ1n) is 14.6. The monoisotopic (exact) mass is 684 g/mol. The third-order valence-corrected chi connectivity index (χ3v) is 9.03. The van der Waals surface area contributed by atoms with Crippen LogP contribution in [0, 0.1) is 11.8 Å². The molecule has 5 aromatic rings.